The van der Waals surface area contributed by atoms with Crippen LogP contribution in [-0.4, -0.2) is 42.4 Å². The third-order valence-electron chi connectivity index (χ3n) is 30.5. The van der Waals surface area contributed by atoms with Crippen molar-refractivity contribution in [1.29, 1.82) is 0 Å². The Balaban J connectivity index is 0.0000000982. The Morgan fingerprint density at radius 3 is 0.880 bits per heavy atom. The molecule has 0 bridgehead atoms. The third-order valence-corrected chi connectivity index (χ3v) is 30.5. The van der Waals surface area contributed by atoms with Gasteiger partial charge in [-0.1, -0.05) is 309 Å². The molecule has 0 saturated heterocycles. The molecule has 0 spiro atoms. The van der Waals surface area contributed by atoms with E-state index in [4.69, 9.17) is 15.0 Å². The smallest absolute Gasteiger partial charge is 0.138 e. The fourth-order valence-electron chi connectivity index (χ4n) is 24.5. The summed E-state index contributed by atoms with van der Waals surface area (Å²) in [6, 6.07) is 174. The van der Waals surface area contributed by atoms with E-state index in [1.165, 1.54) is 219 Å². The summed E-state index contributed by atoms with van der Waals surface area (Å²) in [5.41, 5.74) is 41.8. The fourth-order valence-corrected chi connectivity index (χ4v) is 24.5. The highest BCUT2D eigenvalue weighted by Crippen LogP contribution is 2.54. The molecular formula is C133H79N9. The lowest BCUT2D eigenvalue weighted by Gasteiger charge is -2.12. The zero-order valence-electron chi connectivity index (χ0n) is 76.6. The van der Waals surface area contributed by atoms with Gasteiger partial charge in [0.15, 0.2) is 0 Å². The molecule has 3 aliphatic carbocycles. The normalized spacial score (nSPS) is 12.2. The van der Waals surface area contributed by atoms with E-state index < -0.39 is 0 Å². The lowest BCUT2D eigenvalue weighted by Crippen LogP contribution is -1.99. The fraction of sp³-hybridized carbons (Fsp3) is 0. The molecular weight excluding hydrogens is 1720 g/mol. The van der Waals surface area contributed by atoms with Crippen LogP contribution in [0.5, 0.6) is 0 Å². The summed E-state index contributed by atoms with van der Waals surface area (Å²) in [4.78, 5) is 15.8. The van der Waals surface area contributed by atoms with E-state index in [2.05, 4.69) is 507 Å². The van der Waals surface area contributed by atoms with Gasteiger partial charge in [-0.2, -0.15) is 0 Å². The summed E-state index contributed by atoms with van der Waals surface area (Å²) in [7, 11) is 0. The molecule has 656 valence electrons. The van der Waals surface area contributed by atoms with Crippen molar-refractivity contribution in [2.45, 2.75) is 0 Å². The zero-order valence-corrected chi connectivity index (χ0v) is 76.6. The third kappa shape index (κ3) is 11.4. The maximum Gasteiger partial charge on any atom is 0.138 e. The van der Waals surface area contributed by atoms with E-state index in [9.17, 15) is 0 Å². The Kier molecular flexibility index (Phi) is 16.6. The van der Waals surface area contributed by atoms with Crippen molar-refractivity contribution in [3.63, 3.8) is 0 Å². The summed E-state index contributed by atoms with van der Waals surface area (Å²) in [5, 5.41) is 21.2. The summed E-state index contributed by atoms with van der Waals surface area (Å²) >= 11 is 0. The van der Waals surface area contributed by atoms with Crippen LogP contribution in [0.25, 0.3) is 298 Å². The standard InChI is InChI=1S/C49H29N3.C45H27N3.C39H23N3/c1-2-12-33(13-3-1)51-45-25-22-32(28-41(45)39-24-21-30-11-4-5-14-34(30)49(39)51)31-23-26-46-40(27-31)37-17-8-9-20-44(37)52(46)47-29-42-36-16-7-6-15-35(36)38-18-10-19-43(50-47)48(38)42;1-2-11-29(12-3-1)47-43-23-21-28(40-27-38-32-14-5-4-13-31(32)35-17-10-18-39(46-40)45(35)38)25-36(43)37-26-30(22-24-44(37)47)48-41-19-8-6-15-33(41)34-16-7-9-20-42(34)48;1-2-11-26-25(10-1)30-15-9-16-33-39(30)32(26)23-38(40-33)42-36-19-8-5-14-29(36)31-22-24(20-21-37(31)42)41-34-17-6-3-12-27(34)28-13-4-7-18-35(28)41/h1-29H;1-27H;1-23H. The Morgan fingerprint density at radius 2 is 0.430 bits per heavy atom. The second kappa shape index (κ2) is 30.2. The molecule has 9 heteroatoms. The summed E-state index contributed by atoms with van der Waals surface area (Å²) < 4.78 is 14.3. The highest BCUT2D eigenvalue weighted by molar-refractivity contribution is 6.23. The molecule has 0 fully saturated rings. The van der Waals surface area contributed by atoms with E-state index in [1.54, 1.807) is 0 Å². The molecule has 9 aromatic heterocycles. The van der Waals surface area contributed by atoms with Crippen molar-refractivity contribution >= 4 is 174 Å². The van der Waals surface area contributed by atoms with Crippen molar-refractivity contribution < 1.29 is 0 Å². The van der Waals surface area contributed by atoms with E-state index >= 15 is 0 Å². The molecule has 9 nitrogen and oxygen atoms in total. The lowest BCUT2D eigenvalue weighted by atomic mass is 10.00. The maximum absolute atomic E-state index is 5.32. The van der Waals surface area contributed by atoms with Gasteiger partial charge in [0.1, 0.15) is 11.6 Å². The molecule has 33 rings (SSSR count). The average molecular weight is 1800 g/mol. The van der Waals surface area contributed by atoms with Gasteiger partial charge in [0.05, 0.1) is 88.4 Å². The number of benzene rings is 21. The van der Waals surface area contributed by atoms with E-state index in [0.717, 1.165) is 78.6 Å². The molecule has 21 aromatic carbocycles. The largest absolute Gasteiger partial charge is 0.309 e. The minimum atomic E-state index is 0.942. The van der Waals surface area contributed by atoms with Gasteiger partial charge in [0.25, 0.3) is 0 Å². The number of rotatable bonds is 8. The first kappa shape index (κ1) is 78.1. The molecule has 0 unspecified atom stereocenters. The number of hydrogen-bond donors (Lipinski definition) is 0. The monoisotopic (exact) mass is 1800 g/mol. The van der Waals surface area contributed by atoms with Crippen LogP contribution >= 0.6 is 0 Å². The SMILES string of the molecule is c1ccc(-n2c3ccc(-c4cc5c6c(cccc6n4)-c4ccccc4-5)cc3c3cc(-n4c5ccccc5c5ccccc54)ccc32)cc1.c1ccc(-n2c3ccc(-c4ccc5c(c4)c4ccccc4n5-c4cc5c6c(cccc6n4)-c4ccccc4-5)cc3c3ccc4ccccc4c32)cc1.c1ccc2c(c1)-c1cccc3nc(-n4c5ccccc5c5cc(-n6c7ccccc7c7ccccc76)ccc54)cc-2c13. The Morgan fingerprint density at radius 1 is 0.141 bits per heavy atom. The lowest BCUT2D eigenvalue weighted by molar-refractivity contribution is 1.10. The van der Waals surface area contributed by atoms with Crippen LogP contribution in [0, 0.1) is 0 Å². The van der Waals surface area contributed by atoms with Gasteiger partial charge in [0.2, 0.25) is 0 Å². The predicted octanol–water partition coefficient (Wildman–Crippen LogP) is 34.7. The highest BCUT2D eigenvalue weighted by Gasteiger charge is 2.30. The Labute approximate surface area is 813 Å². The van der Waals surface area contributed by atoms with Crippen molar-refractivity contribution in [3.8, 4) is 124 Å². The zero-order chi connectivity index (χ0) is 92.6. The number of nitrogens with zero attached hydrogens (tertiary/aromatic N) is 9. The number of para-hydroxylation sites is 8. The molecule has 0 saturated carbocycles. The van der Waals surface area contributed by atoms with Crippen LogP contribution in [0.15, 0.2) is 479 Å². The van der Waals surface area contributed by atoms with Crippen LogP contribution in [0.3, 0.4) is 0 Å². The van der Waals surface area contributed by atoms with Gasteiger partial charge in [-0.15, -0.1) is 0 Å². The maximum atomic E-state index is 5.32. The first-order chi connectivity index (χ1) is 70.5. The van der Waals surface area contributed by atoms with Gasteiger partial charge >= 0.3 is 0 Å². The van der Waals surface area contributed by atoms with E-state index in [1.807, 2.05) is 0 Å². The molecule has 142 heavy (non-hydrogen) atoms. The summed E-state index contributed by atoms with van der Waals surface area (Å²) in [5.74, 6) is 1.89. The number of pyridine rings is 3. The topological polar surface area (TPSA) is 68.2 Å². The predicted molar refractivity (Wildman–Crippen MR) is 593 cm³/mol. The molecule has 3 aliphatic rings. The summed E-state index contributed by atoms with van der Waals surface area (Å²) in [6.07, 6.45) is 0. The Hall–Kier alpha value is -19.1. The van der Waals surface area contributed by atoms with Gasteiger partial charge < -0.3 is 18.3 Å². The van der Waals surface area contributed by atoms with E-state index in [-0.39, 0.29) is 0 Å². The average Bonchev–Trinajstić information content (AvgIpc) is 1.57. The molecule has 0 N–H and O–H groups in total. The molecule has 0 amide bonds. The molecule has 0 atom stereocenters. The minimum Gasteiger partial charge on any atom is -0.309 e. The first-order valence-corrected chi connectivity index (χ1v) is 48.8. The van der Waals surface area contributed by atoms with E-state index in [0.29, 0.717) is 0 Å². The van der Waals surface area contributed by atoms with Crippen molar-refractivity contribution in [2.75, 3.05) is 0 Å². The Bertz CT molecular complexity index is 10600. The quantitative estimate of drug-likeness (QED) is 0.152. The van der Waals surface area contributed by atoms with Crippen LogP contribution < -0.4 is 0 Å². The molecule has 0 aliphatic heterocycles. The van der Waals surface area contributed by atoms with Crippen molar-refractivity contribution in [3.05, 3.63) is 479 Å². The van der Waals surface area contributed by atoms with Crippen LogP contribution in [0.2, 0.25) is 0 Å². The molecule has 9 heterocycles. The van der Waals surface area contributed by atoms with Gasteiger partial charge in [0, 0.05) is 114 Å². The van der Waals surface area contributed by atoms with Crippen molar-refractivity contribution in [2.24, 2.45) is 0 Å². The molecule has 30 aromatic rings. The van der Waals surface area contributed by atoms with Crippen LogP contribution in [-0.2, 0) is 0 Å². The number of hydrogen-bond acceptors (Lipinski definition) is 3. The van der Waals surface area contributed by atoms with Gasteiger partial charge in [-0.05, 0) is 253 Å². The molecule has 0 radical (unpaired) electrons. The van der Waals surface area contributed by atoms with Gasteiger partial charge in [-0.25, -0.2) is 15.0 Å². The second-order valence-electron chi connectivity index (χ2n) is 37.9. The number of aromatic nitrogens is 9. The number of fused-ring (bicyclic) bond motifs is 29. The summed E-state index contributed by atoms with van der Waals surface area (Å²) in [6.45, 7) is 0. The first-order valence-electron chi connectivity index (χ1n) is 48.8. The highest BCUT2D eigenvalue weighted by atomic mass is 15.1. The van der Waals surface area contributed by atoms with Crippen LogP contribution in [0.4, 0.5) is 0 Å². The van der Waals surface area contributed by atoms with Crippen LogP contribution in [0.1, 0.15) is 0 Å². The van der Waals surface area contributed by atoms with Crippen molar-refractivity contribution in [1.82, 2.24) is 42.4 Å². The second-order valence-corrected chi connectivity index (χ2v) is 37.9. The minimum absolute atomic E-state index is 0.942. The van der Waals surface area contributed by atoms with Gasteiger partial charge in [-0.3, -0.25) is 9.13 Å².